The van der Waals surface area contributed by atoms with Gasteiger partial charge in [-0.15, -0.1) is 0 Å². The summed E-state index contributed by atoms with van der Waals surface area (Å²) in [5.74, 6) is -1.02. The number of ether oxygens (including phenoxy) is 1. The number of rotatable bonds is 9. The highest BCUT2D eigenvalue weighted by atomic mass is 16.5. The van der Waals surface area contributed by atoms with E-state index in [4.69, 9.17) is 4.74 Å². The van der Waals surface area contributed by atoms with E-state index in [-0.39, 0.29) is 23.6 Å². The summed E-state index contributed by atoms with van der Waals surface area (Å²) in [6, 6.07) is 19.4. The Morgan fingerprint density at radius 3 is 2.22 bits per heavy atom. The molecule has 0 aliphatic rings. The van der Waals surface area contributed by atoms with E-state index in [1.165, 1.54) is 29.6 Å². The van der Waals surface area contributed by atoms with E-state index in [1.807, 2.05) is 60.7 Å². The number of fused-ring (bicyclic) bond motifs is 1. The Kier molecular flexibility index (Phi) is 7.43. The average molecular weight is 490 g/mol. The van der Waals surface area contributed by atoms with Gasteiger partial charge >= 0.3 is 11.7 Å². The molecule has 186 valence electrons. The van der Waals surface area contributed by atoms with E-state index in [1.54, 1.807) is 4.90 Å². The van der Waals surface area contributed by atoms with Gasteiger partial charge in [-0.05, 0) is 17.5 Å². The molecule has 2 heterocycles. The highest BCUT2D eigenvalue weighted by Gasteiger charge is 2.19. The van der Waals surface area contributed by atoms with Crippen LogP contribution in [0.25, 0.3) is 11.2 Å². The SMILES string of the molecule is Cn1c(=O)c2c(ncn2CC(=O)OCC(=O)N(CCc2ccccc2)Cc2ccccc2)n(C)c1=O. The molecule has 1 amide bonds. The lowest BCUT2D eigenvalue weighted by Crippen LogP contribution is -2.38. The third kappa shape index (κ3) is 5.43. The molecule has 2 aromatic heterocycles. The molecule has 0 radical (unpaired) electrons. The van der Waals surface area contributed by atoms with Gasteiger partial charge in [0.25, 0.3) is 11.5 Å². The quantitative estimate of drug-likeness (QED) is 0.328. The Balaban J connectivity index is 1.43. The number of hydrogen-bond acceptors (Lipinski definition) is 6. The largest absolute Gasteiger partial charge is 0.454 e. The Hall–Kier alpha value is -4.47. The molecule has 10 heteroatoms. The number of nitrogens with zero attached hydrogens (tertiary/aromatic N) is 5. The third-order valence-electron chi connectivity index (χ3n) is 5.96. The van der Waals surface area contributed by atoms with Crippen LogP contribution in [0.5, 0.6) is 0 Å². The molecular formula is C26H27N5O5. The number of aryl methyl sites for hydroxylation is 1. The second-order valence-electron chi connectivity index (χ2n) is 8.45. The first-order valence-electron chi connectivity index (χ1n) is 11.5. The smallest absolute Gasteiger partial charge is 0.332 e. The first kappa shape index (κ1) is 24.6. The summed E-state index contributed by atoms with van der Waals surface area (Å²) < 4.78 is 8.77. The maximum atomic E-state index is 13.0. The number of carbonyl (C=O) groups is 2. The number of imidazole rings is 1. The van der Waals surface area contributed by atoms with Crippen LogP contribution in [-0.4, -0.2) is 48.6 Å². The normalized spacial score (nSPS) is 10.9. The summed E-state index contributed by atoms with van der Waals surface area (Å²) in [4.78, 5) is 56.0. The molecule has 0 aliphatic carbocycles. The van der Waals surface area contributed by atoms with Gasteiger partial charge in [-0.3, -0.25) is 23.5 Å². The van der Waals surface area contributed by atoms with Gasteiger partial charge in [0.2, 0.25) is 0 Å². The highest BCUT2D eigenvalue weighted by Crippen LogP contribution is 2.09. The van der Waals surface area contributed by atoms with Gasteiger partial charge in [0.15, 0.2) is 17.8 Å². The summed E-state index contributed by atoms with van der Waals surface area (Å²) in [7, 11) is 2.85. The lowest BCUT2D eigenvalue weighted by Gasteiger charge is -2.23. The van der Waals surface area contributed by atoms with Gasteiger partial charge in [0.05, 0.1) is 6.33 Å². The second-order valence-corrected chi connectivity index (χ2v) is 8.45. The minimum absolute atomic E-state index is 0.108. The zero-order chi connectivity index (χ0) is 25.7. The monoisotopic (exact) mass is 489 g/mol. The van der Waals surface area contributed by atoms with Crippen LogP contribution in [0, 0.1) is 0 Å². The number of hydrogen-bond donors (Lipinski definition) is 0. The summed E-state index contributed by atoms with van der Waals surface area (Å²) in [5.41, 5.74) is 1.27. The number of carbonyl (C=O) groups excluding carboxylic acids is 2. The standard InChI is InChI=1S/C26H27N5O5/c1-28-24-23(25(34)29(2)26(28)35)31(18-27-24)16-22(33)36-17-21(32)30(15-20-11-7-4-8-12-20)14-13-19-9-5-3-6-10-19/h3-12,18H,13-17H2,1-2H3. The highest BCUT2D eigenvalue weighted by molar-refractivity contribution is 5.81. The van der Waals surface area contributed by atoms with Crippen molar-refractivity contribution in [3.63, 3.8) is 0 Å². The number of esters is 1. The number of amides is 1. The molecule has 0 aliphatic heterocycles. The van der Waals surface area contributed by atoms with Crippen molar-refractivity contribution in [1.82, 2.24) is 23.6 Å². The fraction of sp³-hybridized carbons (Fsp3) is 0.269. The maximum Gasteiger partial charge on any atom is 0.332 e. The van der Waals surface area contributed by atoms with E-state index in [2.05, 4.69) is 4.98 Å². The van der Waals surface area contributed by atoms with Gasteiger partial charge in [-0.2, -0.15) is 0 Å². The molecule has 0 saturated heterocycles. The molecule has 0 unspecified atom stereocenters. The van der Waals surface area contributed by atoms with Crippen molar-refractivity contribution in [2.24, 2.45) is 14.1 Å². The van der Waals surface area contributed by atoms with Gasteiger partial charge < -0.3 is 14.2 Å². The van der Waals surface area contributed by atoms with Crippen LogP contribution in [0.15, 0.2) is 76.6 Å². The van der Waals surface area contributed by atoms with E-state index < -0.39 is 23.8 Å². The molecule has 0 fully saturated rings. The van der Waals surface area contributed by atoms with Gasteiger partial charge in [-0.1, -0.05) is 60.7 Å². The maximum absolute atomic E-state index is 13.0. The predicted molar refractivity (Wildman–Crippen MR) is 133 cm³/mol. The van der Waals surface area contributed by atoms with E-state index >= 15 is 0 Å². The summed E-state index contributed by atoms with van der Waals surface area (Å²) in [6.07, 6.45) is 1.96. The molecule has 0 atom stereocenters. The number of benzene rings is 2. The molecular weight excluding hydrogens is 462 g/mol. The minimum Gasteiger partial charge on any atom is -0.454 e. The van der Waals surface area contributed by atoms with Gasteiger partial charge in [0, 0.05) is 27.2 Å². The van der Waals surface area contributed by atoms with E-state index in [0.717, 1.165) is 15.7 Å². The molecule has 4 aromatic rings. The Labute approximate surface area is 207 Å². The van der Waals surface area contributed by atoms with Crippen molar-refractivity contribution in [2.75, 3.05) is 13.2 Å². The van der Waals surface area contributed by atoms with E-state index in [0.29, 0.717) is 19.5 Å². The van der Waals surface area contributed by atoms with Crippen LogP contribution in [-0.2, 0) is 47.9 Å². The van der Waals surface area contributed by atoms with Crippen molar-refractivity contribution in [3.8, 4) is 0 Å². The lowest BCUT2D eigenvalue weighted by atomic mass is 10.1. The molecule has 2 aromatic carbocycles. The predicted octanol–water partition coefficient (Wildman–Crippen LogP) is 1.25. The van der Waals surface area contributed by atoms with Gasteiger partial charge in [0.1, 0.15) is 6.54 Å². The van der Waals surface area contributed by atoms with Crippen LogP contribution < -0.4 is 11.2 Å². The first-order valence-corrected chi connectivity index (χ1v) is 11.5. The third-order valence-corrected chi connectivity index (χ3v) is 5.96. The summed E-state index contributed by atoms with van der Waals surface area (Å²) >= 11 is 0. The Bertz CT molecular complexity index is 1490. The van der Waals surface area contributed by atoms with Crippen molar-refractivity contribution in [3.05, 3.63) is 99.0 Å². The first-order chi connectivity index (χ1) is 17.3. The molecule has 36 heavy (non-hydrogen) atoms. The zero-order valence-corrected chi connectivity index (χ0v) is 20.2. The van der Waals surface area contributed by atoms with Crippen LogP contribution in [0.4, 0.5) is 0 Å². The van der Waals surface area contributed by atoms with Crippen molar-refractivity contribution in [1.29, 1.82) is 0 Å². The van der Waals surface area contributed by atoms with Crippen molar-refractivity contribution >= 4 is 23.0 Å². The Morgan fingerprint density at radius 1 is 0.917 bits per heavy atom. The van der Waals surface area contributed by atoms with Gasteiger partial charge in [-0.25, -0.2) is 9.78 Å². The van der Waals surface area contributed by atoms with Crippen molar-refractivity contribution < 1.29 is 14.3 Å². The van der Waals surface area contributed by atoms with Crippen molar-refractivity contribution in [2.45, 2.75) is 19.5 Å². The zero-order valence-electron chi connectivity index (χ0n) is 20.2. The summed E-state index contributed by atoms with van der Waals surface area (Å²) in [5, 5.41) is 0. The number of aromatic nitrogens is 4. The lowest BCUT2D eigenvalue weighted by molar-refractivity contribution is -0.152. The summed E-state index contributed by atoms with van der Waals surface area (Å²) in [6.45, 7) is 0.106. The fourth-order valence-electron chi connectivity index (χ4n) is 3.94. The average Bonchev–Trinajstić information content (AvgIpc) is 3.32. The van der Waals surface area contributed by atoms with E-state index in [9.17, 15) is 19.2 Å². The molecule has 0 bridgehead atoms. The minimum atomic E-state index is -0.693. The van der Waals surface area contributed by atoms with Crippen LogP contribution in [0.1, 0.15) is 11.1 Å². The van der Waals surface area contributed by atoms with Crippen LogP contribution in [0.3, 0.4) is 0 Å². The second kappa shape index (κ2) is 10.9. The molecule has 0 saturated carbocycles. The Morgan fingerprint density at radius 2 is 1.56 bits per heavy atom. The van der Waals surface area contributed by atoms with Crippen LogP contribution in [0.2, 0.25) is 0 Å². The molecule has 0 spiro atoms. The molecule has 10 nitrogen and oxygen atoms in total. The molecule has 4 rings (SSSR count). The van der Waals surface area contributed by atoms with Crippen LogP contribution >= 0.6 is 0 Å². The fourth-order valence-corrected chi connectivity index (χ4v) is 3.94. The topological polar surface area (TPSA) is 108 Å². The molecule has 0 N–H and O–H groups in total.